The SMILES string of the molecule is CN1CCCC(COc2cnc3ccccc3n2)C1. The second kappa shape index (κ2) is 5.53. The van der Waals surface area contributed by atoms with Crippen molar-refractivity contribution in [1.82, 2.24) is 14.9 Å². The number of rotatable bonds is 3. The summed E-state index contributed by atoms with van der Waals surface area (Å²) < 4.78 is 5.80. The van der Waals surface area contributed by atoms with Crippen molar-refractivity contribution < 1.29 is 4.74 Å². The zero-order chi connectivity index (χ0) is 13.1. The second-order valence-corrected chi connectivity index (χ2v) is 5.28. The Morgan fingerprint density at radius 3 is 3.00 bits per heavy atom. The Morgan fingerprint density at radius 1 is 1.32 bits per heavy atom. The van der Waals surface area contributed by atoms with Gasteiger partial charge in [-0.15, -0.1) is 0 Å². The molecule has 1 saturated heterocycles. The first kappa shape index (κ1) is 12.4. The molecular weight excluding hydrogens is 238 g/mol. The van der Waals surface area contributed by atoms with Crippen molar-refractivity contribution in [3.05, 3.63) is 30.5 Å². The molecule has 2 heterocycles. The van der Waals surface area contributed by atoms with Crippen LogP contribution in [0.2, 0.25) is 0 Å². The Bertz CT molecular complexity index is 558. The molecule has 1 unspecified atom stereocenters. The van der Waals surface area contributed by atoms with Crippen LogP contribution < -0.4 is 4.74 Å². The molecule has 4 nitrogen and oxygen atoms in total. The number of ether oxygens (including phenoxy) is 1. The second-order valence-electron chi connectivity index (χ2n) is 5.28. The van der Waals surface area contributed by atoms with Crippen molar-refractivity contribution in [2.24, 2.45) is 5.92 Å². The molecule has 100 valence electrons. The van der Waals surface area contributed by atoms with Crippen LogP contribution >= 0.6 is 0 Å². The number of aromatic nitrogens is 2. The Balaban J connectivity index is 1.64. The third-order valence-electron chi connectivity index (χ3n) is 3.62. The lowest BCUT2D eigenvalue weighted by atomic mass is 10.00. The molecule has 0 amide bonds. The van der Waals surface area contributed by atoms with Gasteiger partial charge in [0.2, 0.25) is 5.88 Å². The van der Waals surface area contributed by atoms with E-state index in [1.54, 1.807) is 6.20 Å². The third-order valence-corrected chi connectivity index (χ3v) is 3.62. The van der Waals surface area contributed by atoms with Gasteiger partial charge in [0, 0.05) is 12.5 Å². The van der Waals surface area contributed by atoms with Crippen molar-refractivity contribution in [2.45, 2.75) is 12.8 Å². The van der Waals surface area contributed by atoms with Crippen LogP contribution in [0.15, 0.2) is 30.5 Å². The molecule has 19 heavy (non-hydrogen) atoms. The minimum Gasteiger partial charge on any atom is -0.476 e. The van der Waals surface area contributed by atoms with Gasteiger partial charge in [0.15, 0.2) is 0 Å². The normalized spacial score (nSPS) is 20.6. The molecule has 1 fully saturated rings. The van der Waals surface area contributed by atoms with Crippen molar-refractivity contribution in [3.63, 3.8) is 0 Å². The largest absolute Gasteiger partial charge is 0.476 e. The predicted molar refractivity (Wildman–Crippen MR) is 75.3 cm³/mol. The lowest BCUT2D eigenvalue weighted by molar-refractivity contribution is 0.147. The van der Waals surface area contributed by atoms with Crippen molar-refractivity contribution in [1.29, 1.82) is 0 Å². The quantitative estimate of drug-likeness (QED) is 0.846. The molecule has 1 aliphatic rings. The maximum atomic E-state index is 5.80. The van der Waals surface area contributed by atoms with Crippen LogP contribution in [-0.2, 0) is 0 Å². The van der Waals surface area contributed by atoms with Crippen LogP contribution in [0.1, 0.15) is 12.8 Å². The number of benzene rings is 1. The van der Waals surface area contributed by atoms with Crippen LogP contribution in [0, 0.1) is 5.92 Å². The van der Waals surface area contributed by atoms with E-state index >= 15 is 0 Å². The molecule has 0 aliphatic carbocycles. The van der Waals surface area contributed by atoms with Gasteiger partial charge in [0.05, 0.1) is 23.8 Å². The Labute approximate surface area is 113 Å². The highest BCUT2D eigenvalue weighted by Gasteiger charge is 2.17. The molecule has 0 saturated carbocycles. The van der Waals surface area contributed by atoms with Crippen molar-refractivity contribution in [2.75, 3.05) is 26.7 Å². The first-order valence-electron chi connectivity index (χ1n) is 6.84. The summed E-state index contributed by atoms with van der Waals surface area (Å²) in [4.78, 5) is 11.2. The van der Waals surface area contributed by atoms with E-state index in [2.05, 4.69) is 21.9 Å². The first-order chi connectivity index (χ1) is 9.31. The summed E-state index contributed by atoms with van der Waals surface area (Å²) in [5.41, 5.74) is 1.80. The van der Waals surface area contributed by atoms with Gasteiger partial charge in [0.1, 0.15) is 0 Å². The molecular formula is C15H19N3O. The lowest BCUT2D eigenvalue weighted by Crippen LogP contribution is -2.34. The molecule has 2 aromatic rings. The van der Waals surface area contributed by atoms with E-state index in [-0.39, 0.29) is 0 Å². The van der Waals surface area contributed by atoms with E-state index < -0.39 is 0 Å². The first-order valence-corrected chi connectivity index (χ1v) is 6.84. The monoisotopic (exact) mass is 257 g/mol. The topological polar surface area (TPSA) is 38.2 Å². The summed E-state index contributed by atoms with van der Waals surface area (Å²) in [5, 5.41) is 0. The van der Waals surface area contributed by atoms with E-state index in [0.29, 0.717) is 11.8 Å². The van der Waals surface area contributed by atoms with E-state index in [4.69, 9.17) is 4.74 Å². The predicted octanol–water partition coefficient (Wildman–Crippen LogP) is 2.35. The molecule has 1 atom stereocenters. The van der Waals surface area contributed by atoms with Crippen molar-refractivity contribution >= 4 is 11.0 Å². The van der Waals surface area contributed by atoms with Crippen LogP contribution in [0.3, 0.4) is 0 Å². The molecule has 0 bridgehead atoms. The average molecular weight is 257 g/mol. The Kier molecular flexibility index (Phi) is 3.60. The number of hydrogen-bond donors (Lipinski definition) is 0. The van der Waals surface area contributed by atoms with E-state index in [1.807, 2.05) is 24.3 Å². The highest BCUT2D eigenvalue weighted by molar-refractivity contribution is 5.73. The number of piperidine rings is 1. The van der Waals surface area contributed by atoms with E-state index in [0.717, 1.165) is 24.2 Å². The minimum absolute atomic E-state index is 0.604. The fourth-order valence-electron chi connectivity index (χ4n) is 2.62. The maximum Gasteiger partial charge on any atom is 0.232 e. The Morgan fingerprint density at radius 2 is 2.16 bits per heavy atom. The molecule has 1 aromatic heterocycles. The summed E-state index contributed by atoms with van der Waals surface area (Å²) in [7, 11) is 2.17. The molecule has 1 aromatic carbocycles. The van der Waals surface area contributed by atoms with Gasteiger partial charge in [-0.2, -0.15) is 0 Å². The number of para-hydroxylation sites is 2. The lowest BCUT2D eigenvalue weighted by Gasteiger charge is -2.29. The van der Waals surface area contributed by atoms with Gasteiger partial charge < -0.3 is 9.64 Å². The van der Waals surface area contributed by atoms with Crippen LogP contribution in [-0.4, -0.2) is 41.6 Å². The van der Waals surface area contributed by atoms with Crippen LogP contribution in [0.25, 0.3) is 11.0 Å². The van der Waals surface area contributed by atoms with Gasteiger partial charge in [-0.1, -0.05) is 12.1 Å². The average Bonchev–Trinajstić information content (AvgIpc) is 2.45. The fraction of sp³-hybridized carbons (Fsp3) is 0.467. The van der Waals surface area contributed by atoms with Crippen LogP contribution in [0.5, 0.6) is 5.88 Å². The molecule has 0 spiro atoms. The minimum atomic E-state index is 0.604. The summed E-state index contributed by atoms with van der Waals surface area (Å²) in [6.07, 6.45) is 4.22. The molecule has 4 heteroatoms. The summed E-state index contributed by atoms with van der Waals surface area (Å²) in [5.74, 6) is 1.24. The third kappa shape index (κ3) is 3.01. The Hall–Kier alpha value is -1.68. The highest BCUT2D eigenvalue weighted by atomic mass is 16.5. The molecule has 0 N–H and O–H groups in total. The highest BCUT2D eigenvalue weighted by Crippen LogP contribution is 2.18. The maximum absolute atomic E-state index is 5.80. The zero-order valence-corrected chi connectivity index (χ0v) is 11.2. The standard InChI is InChI=1S/C15H19N3O/c1-18-8-4-5-12(10-18)11-19-15-9-16-13-6-2-3-7-14(13)17-15/h2-3,6-7,9,12H,4-5,8,10-11H2,1H3. The van der Waals surface area contributed by atoms with Gasteiger partial charge in [-0.3, -0.25) is 0 Å². The number of nitrogens with zero attached hydrogens (tertiary/aromatic N) is 3. The zero-order valence-electron chi connectivity index (χ0n) is 11.2. The van der Waals surface area contributed by atoms with E-state index in [9.17, 15) is 0 Å². The number of likely N-dealkylation sites (tertiary alicyclic amines) is 1. The number of fused-ring (bicyclic) bond motifs is 1. The summed E-state index contributed by atoms with van der Waals surface area (Å²) >= 11 is 0. The summed E-state index contributed by atoms with van der Waals surface area (Å²) in [6, 6.07) is 7.86. The molecule has 3 rings (SSSR count). The van der Waals surface area contributed by atoms with Gasteiger partial charge >= 0.3 is 0 Å². The van der Waals surface area contributed by atoms with E-state index in [1.165, 1.54) is 19.4 Å². The van der Waals surface area contributed by atoms with Crippen LogP contribution in [0.4, 0.5) is 0 Å². The smallest absolute Gasteiger partial charge is 0.232 e. The van der Waals surface area contributed by atoms with Gasteiger partial charge in [0.25, 0.3) is 0 Å². The summed E-state index contributed by atoms with van der Waals surface area (Å²) in [6.45, 7) is 3.05. The fourth-order valence-corrected chi connectivity index (χ4v) is 2.62. The van der Waals surface area contributed by atoms with Gasteiger partial charge in [-0.05, 0) is 38.6 Å². The van der Waals surface area contributed by atoms with Gasteiger partial charge in [-0.25, -0.2) is 9.97 Å². The molecule has 1 aliphatic heterocycles. The van der Waals surface area contributed by atoms with Crippen molar-refractivity contribution in [3.8, 4) is 5.88 Å². The number of hydrogen-bond acceptors (Lipinski definition) is 4. The molecule has 0 radical (unpaired) electrons.